The van der Waals surface area contributed by atoms with Crippen LogP contribution in [0.15, 0.2) is 52.6 Å². The molecule has 0 aliphatic rings. The van der Waals surface area contributed by atoms with Crippen LogP contribution in [0.4, 0.5) is 0 Å². The van der Waals surface area contributed by atoms with Gasteiger partial charge in [-0.3, -0.25) is 4.68 Å². The molecule has 28 heavy (non-hydrogen) atoms. The zero-order valence-corrected chi connectivity index (χ0v) is 19.6. The number of nitrogens with zero attached hydrogens (tertiary/aromatic N) is 4. The molecule has 8 nitrogen and oxygen atoms in total. The van der Waals surface area contributed by atoms with Crippen LogP contribution in [-0.4, -0.2) is 55.6 Å². The molecular weight excluding hydrogens is 491 g/mol. The molecule has 0 saturated carbocycles. The number of nitrogens with one attached hydrogen (secondary N) is 2. The molecule has 1 heterocycles. The van der Waals surface area contributed by atoms with Crippen LogP contribution in [0.1, 0.15) is 18.9 Å². The van der Waals surface area contributed by atoms with Gasteiger partial charge in [-0.2, -0.15) is 5.10 Å². The van der Waals surface area contributed by atoms with Crippen molar-refractivity contribution < 1.29 is 8.42 Å². The average molecular weight is 520 g/mol. The van der Waals surface area contributed by atoms with E-state index in [-0.39, 0.29) is 35.4 Å². The second-order valence-electron chi connectivity index (χ2n) is 6.14. The summed E-state index contributed by atoms with van der Waals surface area (Å²) < 4.78 is 28.1. The van der Waals surface area contributed by atoms with Crippen LogP contribution >= 0.6 is 24.0 Å². The molecule has 0 atom stereocenters. The number of benzene rings is 1. The normalized spacial score (nSPS) is 11.9. The molecule has 0 spiro atoms. The number of hydrogen-bond donors (Lipinski definition) is 2. The van der Waals surface area contributed by atoms with Gasteiger partial charge in [0, 0.05) is 46.1 Å². The molecule has 1 aromatic carbocycles. The molecule has 1 aromatic heterocycles. The molecule has 0 aliphatic carbocycles. The lowest BCUT2D eigenvalue weighted by atomic mass is 10.2. The molecule has 0 amide bonds. The van der Waals surface area contributed by atoms with Crippen LogP contribution in [0, 0.1) is 0 Å². The summed E-state index contributed by atoms with van der Waals surface area (Å²) in [6.07, 6.45) is 4.59. The molecule has 2 N–H and O–H groups in total. The van der Waals surface area contributed by atoms with Crippen molar-refractivity contribution >= 4 is 40.0 Å². The van der Waals surface area contributed by atoms with Gasteiger partial charge in [-0.05, 0) is 31.0 Å². The molecule has 2 rings (SSSR count). The summed E-state index contributed by atoms with van der Waals surface area (Å²) in [4.78, 5) is 4.83. The Kier molecular flexibility index (Phi) is 10.5. The Morgan fingerprint density at radius 1 is 1.21 bits per heavy atom. The van der Waals surface area contributed by atoms with Crippen LogP contribution in [-0.2, 0) is 23.1 Å². The van der Waals surface area contributed by atoms with Crippen molar-refractivity contribution in [3.05, 3.63) is 48.3 Å². The third-order valence-corrected chi connectivity index (χ3v) is 5.81. The second-order valence-corrected chi connectivity index (χ2v) is 8.26. The predicted octanol–water partition coefficient (Wildman–Crippen LogP) is 1.90. The topological polar surface area (TPSA) is 91.6 Å². The standard InChI is InChI=1S/C18H28N6O2S.HI/c1-4-19-18(20-11-7-13-24-14-8-12-22-24)21-15-16-9-5-6-10-17(16)27(25,26)23(2)3;/h5-6,8-10,12,14H,4,7,11,13,15H2,1-3H3,(H2,19,20,21);1H. The largest absolute Gasteiger partial charge is 0.357 e. The van der Waals surface area contributed by atoms with Crippen molar-refractivity contribution in [2.45, 2.75) is 31.3 Å². The Labute approximate surface area is 184 Å². The van der Waals surface area contributed by atoms with Gasteiger partial charge in [0.1, 0.15) is 0 Å². The highest BCUT2D eigenvalue weighted by Crippen LogP contribution is 2.19. The Morgan fingerprint density at radius 2 is 1.96 bits per heavy atom. The molecule has 10 heteroatoms. The highest BCUT2D eigenvalue weighted by molar-refractivity contribution is 14.0. The first-order valence-corrected chi connectivity index (χ1v) is 10.4. The van der Waals surface area contributed by atoms with Crippen molar-refractivity contribution in [2.24, 2.45) is 4.99 Å². The lowest BCUT2D eigenvalue weighted by Crippen LogP contribution is -2.38. The van der Waals surface area contributed by atoms with E-state index < -0.39 is 10.0 Å². The van der Waals surface area contributed by atoms with Crippen LogP contribution < -0.4 is 10.6 Å². The Balaban J connectivity index is 0.00000392. The molecule has 0 fully saturated rings. The Bertz CT molecular complexity index is 838. The summed E-state index contributed by atoms with van der Waals surface area (Å²) >= 11 is 0. The minimum absolute atomic E-state index is 0. The van der Waals surface area contributed by atoms with Crippen molar-refractivity contribution in [1.29, 1.82) is 0 Å². The fourth-order valence-electron chi connectivity index (χ4n) is 2.47. The van der Waals surface area contributed by atoms with E-state index in [1.54, 1.807) is 24.4 Å². The third kappa shape index (κ3) is 7.06. The molecular formula is C18H29IN6O2S. The number of guanidine groups is 1. The molecule has 156 valence electrons. The van der Waals surface area contributed by atoms with Gasteiger partial charge in [0.25, 0.3) is 0 Å². The quantitative estimate of drug-likeness (QED) is 0.228. The highest BCUT2D eigenvalue weighted by atomic mass is 127. The number of sulfonamides is 1. The van der Waals surface area contributed by atoms with E-state index in [1.807, 2.05) is 29.9 Å². The van der Waals surface area contributed by atoms with Gasteiger partial charge < -0.3 is 10.6 Å². The maximum absolute atomic E-state index is 12.5. The van der Waals surface area contributed by atoms with Gasteiger partial charge in [-0.25, -0.2) is 17.7 Å². The van der Waals surface area contributed by atoms with Gasteiger partial charge in [-0.15, -0.1) is 24.0 Å². The van der Waals surface area contributed by atoms with Crippen LogP contribution in [0.5, 0.6) is 0 Å². The van der Waals surface area contributed by atoms with E-state index in [4.69, 9.17) is 0 Å². The zero-order chi connectivity index (χ0) is 19.7. The number of hydrogen-bond acceptors (Lipinski definition) is 4. The Hall–Kier alpha value is -1.66. The van der Waals surface area contributed by atoms with Crippen molar-refractivity contribution in [2.75, 3.05) is 27.2 Å². The predicted molar refractivity (Wildman–Crippen MR) is 122 cm³/mol. The van der Waals surface area contributed by atoms with E-state index in [2.05, 4.69) is 20.7 Å². The monoisotopic (exact) mass is 520 g/mol. The maximum atomic E-state index is 12.5. The van der Waals surface area contributed by atoms with Crippen LogP contribution in [0.2, 0.25) is 0 Å². The number of rotatable bonds is 9. The average Bonchev–Trinajstić information content (AvgIpc) is 3.16. The third-order valence-electron chi connectivity index (χ3n) is 3.90. The number of aryl methyl sites for hydroxylation is 1. The van der Waals surface area contributed by atoms with Crippen molar-refractivity contribution in [3.8, 4) is 0 Å². The lowest BCUT2D eigenvalue weighted by molar-refractivity contribution is 0.519. The molecule has 0 bridgehead atoms. The highest BCUT2D eigenvalue weighted by Gasteiger charge is 2.20. The van der Waals surface area contributed by atoms with E-state index in [0.29, 0.717) is 11.5 Å². The van der Waals surface area contributed by atoms with Crippen molar-refractivity contribution in [1.82, 2.24) is 24.7 Å². The molecule has 0 saturated heterocycles. The molecule has 0 unspecified atom stereocenters. The van der Waals surface area contributed by atoms with Gasteiger partial charge in [0.2, 0.25) is 10.0 Å². The van der Waals surface area contributed by atoms with Crippen molar-refractivity contribution in [3.63, 3.8) is 0 Å². The minimum Gasteiger partial charge on any atom is -0.357 e. The number of halogens is 1. The summed E-state index contributed by atoms with van der Waals surface area (Å²) in [7, 11) is -0.443. The number of aromatic nitrogens is 2. The minimum atomic E-state index is -3.50. The van der Waals surface area contributed by atoms with E-state index in [1.165, 1.54) is 18.4 Å². The Morgan fingerprint density at radius 3 is 2.61 bits per heavy atom. The zero-order valence-electron chi connectivity index (χ0n) is 16.5. The van der Waals surface area contributed by atoms with Gasteiger partial charge in [-0.1, -0.05) is 18.2 Å². The van der Waals surface area contributed by atoms with Gasteiger partial charge >= 0.3 is 0 Å². The molecule has 0 aliphatic heterocycles. The lowest BCUT2D eigenvalue weighted by Gasteiger charge is -2.15. The molecule has 2 aromatic rings. The summed E-state index contributed by atoms with van der Waals surface area (Å²) in [6.45, 7) is 4.55. The maximum Gasteiger partial charge on any atom is 0.242 e. The second kappa shape index (κ2) is 12.0. The van der Waals surface area contributed by atoms with Crippen LogP contribution in [0.25, 0.3) is 0 Å². The summed E-state index contributed by atoms with van der Waals surface area (Å²) in [5, 5.41) is 10.6. The fraction of sp³-hybridized carbons (Fsp3) is 0.444. The SMILES string of the molecule is CCNC(=NCc1ccccc1S(=O)(=O)N(C)C)NCCCn1cccn1.I. The van der Waals surface area contributed by atoms with Crippen LogP contribution in [0.3, 0.4) is 0 Å². The van der Waals surface area contributed by atoms with E-state index in [9.17, 15) is 8.42 Å². The smallest absolute Gasteiger partial charge is 0.242 e. The van der Waals surface area contributed by atoms with Gasteiger partial charge in [0.15, 0.2) is 5.96 Å². The van der Waals surface area contributed by atoms with Gasteiger partial charge in [0.05, 0.1) is 11.4 Å². The number of aliphatic imine (C=N–C) groups is 1. The summed E-state index contributed by atoms with van der Waals surface area (Å²) in [5.74, 6) is 0.662. The van der Waals surface area contributed by atoms with E-state index in [0.717, 1.165) is 26.1 Å². The first-order chi connectivity index (χ1) is 12.9. The first-order valence-electron chi connectivity index (χ1n) is 8.95. The summed E-state index contributed by atoms with van der Waals surface area (Å²) in [6, 6.07) is 8.86. The summed E-state index contributed by atoms with van der Waals surface area (Å²) in [5.41, 5.74) is 0.667. The molecule has 0 radical (unpaired) electrons. The van der Waals surface area contributed by atoms with E-state index >= 15 is 0 Å². The fourth-order valence-corrected chi connectivity index (χ4v) is 3.58. The first kappa shape index (κ1) is 24.4.